The van der Waals surface area contributed by atoms with Crippen LogP contribution in [0.2, 0.25) is 0 Å². The van der Waals surface area contributed by atoms with E-state index in [1.54, 1.807) is 0 Å². The van der Waals surface area contributed by atoms with Crippen LogP contribution in [0.4, 0.5) is 0 Å². The molecular weight excluding hydrogens is 402 g/mol. The molecule has 0 bridgehead atoms. The molecule has 0 spiro atoms. The third-order valence-corrected chi connectivity index (χ3v) is 6.44. The maximum Gasteiger partial charge on any atom is 0.253 e. The molecule has 1 atom stereocenters. The number of piperidine rings is 1. The zero-order valence-electron chi connectivity index (χ0n) is 18.5. The maximum absolute atomic E-state index is 13.3. The van der Waals surface area contributed by atoms with Crippen molar-refractivity contribution in [2.75, 3.05) is 39.3 Å². The van der Waals surface area contributed by atoms with Crippen LogP contribution in [0.1, 0.15) is 35.2 Å². The number of carbonyl (C=O) groups excluding carboxylic acids is 3. The van der Waals surface area contributed by atoms with E-state index in [1.165, 1.54) is 0 Å². The van der Waals surface area contributed by atoms with Crippen molar-refractivity contribution < 1.29 is 14.4 Å². The predicted octanol–water partition coefficient (Wildman–Crippen LogP) is 2.84. The Labute approximate surface area is 189 Å². The molecule has 0 aromatic heterocycles. The van der Waals surface area contributed by atoms with Crippen molar-refractivity contribution in [2.45, 2.75) is 25.7 Å². The first kappa shape index (κ1) is 22.1. The zero-order valence-corrected chi connectivity index (χ0v) is 18.5. The summed E-state index contributed by atoms with van der Waals surface area (Å²) in [6, 6.07) is 19.1. The van der Waals surface area contributed by atoms with Gasteiger partial charge in [0.25, 0.3) is 5.91 Å². The molecule has 4 rings (SSSR count). The Morgan fingerprint density at radius 1 is 0.719 bits per heavy atom. The van der Waals surface area contributed by atoms with E-state index < -0.39 is 0 Å². The average Bonchev–Trinajstić information content (AvgIpc) is 3.11. The van der Waals surface area contributed by atoms with Crippen LogP contribution in [0.25, 0.3) is 0 Å². The van der Waals surface area contributed by atoms with Crippen LogP contribution in [0, 0.1) is 5.92 Å². The van der Waals surface area contributed by atoms with E-state index in [9.17, 15) is 14.4 Å². The Morgan fingerprint density at radius 3 is 2.09 bits per heavy atom. The summed E-state index contributed by atoms with van der Waals surface area (Å²) in [4.78, 5) is 44.4. The fraction of sp³-hybridized carbons (Fsp3) is 0.423. The van der Waals surface area contributed by atoms with Gasteiger partial charge in [0.05, 0.1) is 12.3 Å². The van der Waals surface area contributed by atoms with Gasteiger partial charge in [-0.05, 0) is 37.0 Å². The second-order valence-electron chi connectivity index (χ2n) is 8.68. The van der Waals surface area contributed by atoms with Crippen LogP contribution in [0.15, 0.2) is 60.7 Å². The Morgan fingerprint density at radius 2 is 1.34 bits per heavy atom. The minimum atomic E-state index is -0.153. The number of rotatable bonds is 4. The summed E-state index contributed by atoms with van der Waals surface area (Å²) in [5, 5.41) is 0. The van der Waals surface area contributed by atoms with Gasteiger partial charge in [-0.3, -0.25) is 14.4 Å². The predicted molar refractivity (Wildman–Crippen MR) is 123 cm³/mol. The minimum absolute atomic E-state index is 0.0234. The summed E-state index contributed by atoms with van der Waals surface area (Å²) in [6.07, 6.45) is 2.82. The molecule has 2 heterocycles. The van der Waals surface area contributed by atoms with Crippen molar-refractivity contribution in [3.63, 3.8) is 0 Å². The lowest BCUT2D eigenvalue weighted by Crippen LogP contribution is -2.48. The van der Waals surface area contributed by atoms with Crippen LogP contribution in [0.3, 0.4) is 0 Å². The molecule has 32 heavy (non-hydrogen) atoms. The van der Waals surface area contributed by atoms with Gasteiger partial charge in [-0.2, -0.15) is 0 Å². The molecular formula is C26H31N3O3. The van der Waals surface area contributed by atoms with Gasteiger partial charge in [0, 0.05) is 44.8 Å². The summed E-state index contributed by atoms with van der Waals surface area (Å²) in [5.41, 5.74) is 1.69. The van der Waals surface area contributed by atoms with Crippen molar-refractivity contribution in [2.24, 2.45) is 5.92 Å². The molecule has 0 saturated carbocycles. The first-order valence-electron chi connectivity index (χ1n) is 11.6. The van der Waals surface area contributed by atoms with E-state index in [0.29, 0.717) is 44.7 Å². The van der Waals surface area contributed by atoms with Crippen LogP contribution in [0.5, 0.6) is 0 Å². The van der Waals surface area contributed by atoms with Crippen molar-refractivity contribution in [1.29, 1.82) is 0 Å². The van der Waals surface area contributed by atoms with Gasteiger partial charge in [-0.15, -0.1) is 0 Å². The fourth-order valence-corrected chi connectivity index (χ4v) is 4.65. The third-order valence-electron chi connectivity index (χ3n) is 6.44. The van der Waals surface area contributed by atoms with Gasteiger partial charge in [0.2, 0.25) is 11.8 Å². The highest BCUT2D eigenvalue weighted by atomic mass is 16.2. The van der Waals surface area contributed by atoms with Crippen molar-refractivity contribution in [3.8, 4) is 0 Å². The quantitative estimate of drug-likeness (QED) is 0.745. The number of amides is 3. The monoisotopic (exact) mass is 433 g/mol. The standard InChI is InChI=1S/C26H31N3O3/c30-24(19-21-9-3-1-4-10-21)29-14-7-13-23(20-29)26(32)28-16-8-15-27(17-18-28)25(31)22-11-5-2-6-12-22/h1-6,9-12,23H,7-8,13-20H2. The van der Waals surface area contributed by atoms with E-state index in [2.05, 4.69) is 0 Å². The molecule has 6 heteroatoms. The van der Waals surface area contributed by atoms with E-state index in [-0.39, 0.29) is 23.6 Å². The molecule has 1 unspecified atom stereocenters. The molecule has 2 aliphatic heterocycles. The maximum atomic E-state index is 13.3. The summed E-state index contributed by atoms with van der Waals surface area (Å²) in [6.45, 7) is 3.62. The molecule has 168 valence electrons. The molecule has 2 aromatic carbocycles. The molecule has 3 amide bonds. The van der Waals surface area contributed by atoms with E-state index >= 15 is 0 Å². The lowest BCUT2D eigenvalue weighted by Gasteiger charge is -2.35. The first-order chi connectivity index (χ1) is 15.6. The molecule has 0 N–H and O–H groups in total. The molecule has 0 radical (unpaired) electrons. The first-order valence-corrected chi connectivity index (χ1v) is 11.6. The van der Waals surface area contributed by atoms with Crippen molar-refractivity contribution in [3.05, 3.63) is 71.8 Å². The topological polar surface area (TPSA) is 60.9 Å². The smallest absolute Gasteiger partial charge is 0.253 e. The summed E-state index contributed by atoms with van der Waals surface area (Å²) < 4.78 is 0. The molecule has 2 aliphatic rings. The van der Waals surface area contributed by atoms with Gasteiger partial charge < -0.3 is 14.7 Å². The highest BCUT2D eigenvalue weighted by Gasteiger charge is 2.32. The van der Waals surface area contributed by atoms with Crippen LogP contribution in [-0.2, 0) is 16.0 Å². The van der Waals surface area contributed by atoms with Gasteiger partial charge in [0.1, 0.15) is 0 Å². The normalized spacial score (nSPS) is 19.4. The highest BCUT2D eigenvalue weighted by molar-refractivity contribution is 5.94. The third kappa shape index (κ3) is 5.36. The number of nitrogens with zero attached hydrogens (tertiary/aromatic N) is 3. The van der Waals surface area contributed by atoms with Crippen LogP contribution in [-0.4, -0.2) is 71.7 Å². The number of hydrogen-bond donors (Lipinski definition) is 0. The van der Waals surface area contributed by atoms with Crippen molar-refractivity contribution in [1.82, 2.24) is 14.7 Å². The minimum Gasteiger partial charge on any atom is -0.342 e. The number of benzene rings is 2. The summed E-state index contributed by atoms with van der Waals surface area (Å²) in [5.74, 6) is 0.0792. The second kappa shape index (κ2) is 10.4. The van der Waals surface area contributed by atoms with E-state index in [0.717, 1.165) is 31.4 Å². The Kier molecular flexibility index (Phi) is 7.20. The van der Waals surface area contributed by atoms with E-state index in [4.69, 9.17) is 0 Å². The van der Waals surface area contributed by atoms with Crippen LogP contribution >= 0.6 is 0 Å². The Hall–Kier alpha value is -3.15. The van der Waals surface area contributed by atoms with E-state index in [1.807, 2.05) is 75.4 Å². The molecule has 2 fully saturated rings. The van der Waals surface area contributed by atoms with Gasteiger partial charge in [-0.1, -0.05) is 48.5 Å². The van der Waals surface area contributed by atoms with Crippen molar-refractivity contribution >= 4 is 17.7 Å². The second-order valence-corrected chi connectivity index (χ2v) is 8.68. The molecule has 2 aromatic rings. The number of hydrogen-bond acceptors (Lipinski definition) is 3. The SMILES string of the molecule is O=C(Cc1ccccc1)N1CCCC(C(=O)N2CCCN(C(=O)c3ccccc3)CC2)C1. The largest absolute Gasteiger partial charge is 0.342 e. The zero-order chi connectivity index (χ0) is 22.3. The van der Waals surface area contributed by atoms with Gasteiger partial charge >= 0.3 is 0 Å². The van der Waals surface area contributed by atoms with Gasteiger partial charge in [-0.25, -0.2) is 0 Å². The Bertz CT molecular complexity index is 932. The van der Waals surface area contributed by atoms with Gasteiger partial charge in [0.15, 0.2) is 0 Å². The number of likely N-dealkylation sites (tertiary alicyclic amines) is 1. The summed E-state index contributed by atoms with van der Waals surface area (Å²) >= 11 is 0. The average molecular weight is 434 g/mol. The molecule has 6 nitrogen and oxygen atoms in total. The lowest BCUT2D eigenvalue weighted by atomic mass is 9.95. The highest BCUT2D eigenvalue weighted by Crippen LogP contribution is 2.21. The fourth-order valence-electron chi connectivity index (χ4n) is 4.65. The molecule has 0 aliphatic carbocycles. The summed E-state index contributed by atoms with van der Waals surface area (Å²) in [7, 11) is 0. The van der Waals surface area contributed by atoms with Crippen LogP contribution < -0.4 is 0 Å². The lowest BCUT2D eigenvalue weighted by molar-refractivity contribution is -0.140. The number of carbonyl (C=O) groups is 3. The molecule has 2 saturated heterocycles. The Balaban J connectivity index is 1.32.